The molecular formula is C9H18O2. The molecule has 0 aromatic heterocycles. The topological polar surface area (TPSA) is 18.5 Å². The van der Waals surface area contributed by atoms with Crippen LogP contribution in [0.2, 0.25) is 0 Å². The predicted molar refractivity (Wildman–Crippen MR) is 44.2 cm³/mol. The van der Waals surface area contributed by atoms with Gasteiger partial charge in [-0.1, -0.05) is 32.1 Å². The number of rotatable bonds is 0. The maximum atomic E-state index is 4.57. The molecule has 1 aliphatic carbocycles. The second-order valence-electron chi connectivity index (χ2n) is 3.12. The van der Waals surface area contributed by atoms with Crippen LogP contribution in [0, 0.1) is 0 Å². The highest BCUT2D eigenvalue weighted by molar-refractivity contribution is 4.51. The van der Waals surface area contributed by atoms with E-state index in [-0.39, 0.29) is 0 Å². The minimum Gasteiger partial charge on any atom is -0.237 e. The summed E-state index contributed by atoms with van der Waals surface area (Å²) in [7, 11) is 0. The molecule has 11 heavy (non-hydrogen) atoms. The molecule has 1 saturated carbocycles. The van der Waals surface area contributed by atoms with Crippen molar-refractivity contribution in [1.82, 2.24) is 0 Å². The summed E-state index contributed by atoms with van der Waals surface area (Å²) in [6, 6.07) is 0. The fraction of sp³-hybridized carbons (Fsp3) is 1.00. The van der Waals surface area contributed by atoms with Crippen molar-refractivity contribution in [3.63, 3.8) is 0 Å². The standard InChI is InChI=1S/C5H10.C4H8O2/c1-2-4-5-3-1;1-2-4-6-5-3-1/h1-5H2;1-4H2. The SMILES string of the molecule is C1CCCC1.C1CCOOC1. The monoisotopic (exact) mass is 158 g/mol. The Morgan fingerprint density at radius 3 is 1.00 bits per heavy atom. The highest BCUT2D eigenvalue weighted by atomic mass is 17.2. The zero-order valence-electron chi connectivity index (χ0n) is 7.18. The van der Waals surface area contributed by atoms with Gasteiger partial charge in [0.2, 0.25) is 0 Å². The second kappa shape index (κ2) is 6.62. The summed E-state index contributed by atoms with van der Waals surface area (Å²) in [6.45, 7) is 1.56. The molecule has 0 unspecified atom stereocenters. The minimum absolute atomic E-state index is 0.778. The minimum atomic E-state index is 0.778. The maximum Gasteiger partial charge on any atom is 0.0823 e. The van der Waals surface area contributed by atoms with Crippen LogP contribution in [0.5, 0.6) is 0 Å². The molecule has 2 nitrogen and oxygen atoms in total. The molecule has 0 atom stereocenters. The lowest BCUT2D eigenvalue weighted by molar-refractivity contribution is -0.312. The lowest BCUT2D eigenvalue weighted by Crippen LogP contribution is -2.05. The molecule has 0 bridgehead atoms. The molecule has 0 N–H and O–H groups in total. The first-order valence-corrected chi connectivity index (χ1v) is 4.74. The first-order chi connectivity index (χ1) is 5.50. The third-order valence-electron chi connectivity index (χ3n) is 2.04. The smallest absolute Gasteiger partial charge is 0.0823 e. The molecular weight excluding hydrogens is 140 g/mol. The molecule has 2 rings (SSSR count). The van der Waals surface area contributed by atoms with Crippen LogP contribution in [0.15, 0.2) is 0 Å². The van der Waals surface area contributed by atoms with Gasteiger partial charge >= 0.3 is 0 Å². The summed E-state index contributed by atoms with van der Waals surface area (Å²) in [5, 5.41) is 0. The van der Waals surface area contributed by atoms with Crippen LogP contribution in [-0.4, -0.2) is 13.2 Å². The molecule has 0 radical (unpaired) electrons. The van der Waals surface area contributed by atoms with Gasteiger partial charge in [0.25, 0.3) is 0 Å². The van der Waals surface area contributed by atoms with Gasteiger partial charge in [-0.3, -0.25) is 0 Å². The zero-order chi connectivity index (χ0) is 7.78. The van der Waals surface area contributed by atoms with Gasteiger partial charge in [-0.15, -0.1) is 0 Å². The predicted octanol–water partition coefficient (Wildman–Crippen LogP) is 2.68. The Kier molecular flexibility index (Phi) is 5.42. The largest absolute Gasteiger partial charge is 0.237 e. The fourth-order valence-electron chi connectivity index (χ4n) is 1.32. The summed E-state index contributed by atoms with van der Waals surface area (Å²) < 4.78 is 0. The number of hydrogen-bond donors (Lipinski definition) is 0. The maximum absolute atomic E-state index is 4.57. The second-order valence-corrected chi connectivity index (χ2v) is 3.12. The molecule has 0 aromatic rings. The lowest BCUT2D eigenvalue weighted by atomic mass is 10.3. The van der Waals surface area contributed by atoms with E-state index in [2.05, 4.69) is 9.78 Å². The quantitative estimate of drug-likeness (QED) is 0.505. The Bertz CT molecular complexity index is 56.5. The molecule has 0 aromatic carbocycles. The Labute approximate surface area is 68.8 Å². The summed E-state index contributed by atoms with van der Waals surface area (Å²) in [5.41, 5.74) is 0. The van der Waals surface area contributed by atoms with Crippen LogP contribution in [0.4, 0.5) is 0 Å². The fourth-order valence-corrected chi connectivity index (χ4v) is 1.32. The third kappa shape index (κ3) is 5.22. The van der Waals surface area contributed by atoms with E-state index in [1.807, 2.05) is 0 Å². The van der Waals surface area contributed by atoms with Crippen molar-refractivity contribution in [2.45, 2.75) is 44.9 Å². The van der Waals surface area contributed by atoms with Gasteiger partial charge in [0.15, 0.2) is 0 Å². The summed E-state index contributed by atoms with van der Waals surface area (Å²) in [4.78, 5) is 9.14. The molecule has 0 amide bonds. The highest BCUT2D eigenvalue weighted by Crippen LogP contribution is 2.15. The van der Waals surface area contributed by atoms with E-state index in [0.29, 0.717) is 0 Å². The molecule has 0 spiro atoms. The Hall–Kier alpha value is -0.0800. The van der Waals surface area contributed by atoms with E-state index >= 15 is 0 Å². The highest BCUT2D eigenvalue weighted by Gasteiger charge is 1.96. The van der Waals surface area contributed by atoms with Crippen LogP contribution in [0.25, 0.3) is 0 Å². The van der Waals surface area contributed by atoms with Crippen molar-refractivity contribution >= 4 is 0 Å². The Morgan fingerprint density at radius 2 is 0.818 bits per heavy atom. The van der Waals surface area contributed by atoms with Crippen LogP contribution >= 0.6 is 0 Å². The van der Waals surface area contributed by atoms with E-state index in [1.165, 1.54) is 32.1 Å². The molecule has 1 aliphatic heterocycles. The van der Waals surface area contributed by atoms with Crippen molar-refractivity contribution in [2.75, 3.05) is 13.2 Å². The first kappa shape index (κ1) is 9.01. The van der Waals surface area contributed by atoms with E-state index < -0.39 is 0 Å². The van der Waals surface area contributed by atoms with Crippen molar-refractivity contribution < 1.29 is 9.78 Å². The van der Waals surface area contributed by atoms with Gasteiger partial charge in [-0.05, 0) is 12.8 Å². The van der Waals surface area contributed by atoms with Crippen molar-refractivity contribution in [2.24, 2.45) is 0 Å². The Balaban J connectivity index is 0.000000112. The molecule has 1 heterocycles. The van der Waals surface area contributed by atoms with Gasteiger partial charge < -0.3 is 0 Å². The van der Waals surface area contributed by atoms with Gasteiger partial charge in [0, 0.05) is 0 Å². The van der Waals surface area contributed by atoms with Gasteiger partial charge in [-0.2, -0.15) is 0 Å². The summed E-state index contributed by atoms with van der Waals surface area (Å²) in [5.74, 6) is 0. The summed E-state index contributed by atoms with van der Waals surface area (Å²) in [6.07, 6.45) is 9.81. The van der Waals surface area contributed by atoms with E-state index in [0.717, 1.165) is 26.1 Å². The lowest BCUT2D eigenvalue weighted by Gasteiger charge is -2.07. The van der Waals surface area contributed by atoms with Crippen LogP contribution in [-0.2, 0) is 9.78 Å². The first-order valence-electron chi connectivity index (χ1n) is 4.74. The average Bonchev–Trinajstić information content (AvgIpc) is 2.64. The van der Waals surface area contributed by atoms with Crippen molar-refractivity contribution in [3.8, 4) is 0 Å². The number of hydrogen-bond acceptors (Lipinski definition) is 2. The van der Waals surface area contributed by atoms with Crippen LogP contribution in [0.1, 0.15) is 44.9 Å². The van der Waals surface area contributed by atoms with Crippen molar-refractivity contribution in [3.05, 3.63) is 0 Å². The normalized spacial score (nSPS) is 24.0. The van der Waals surface area contributed by atoms with E-state index in [9.17, 15) is 0 Å². The molecule has 66 valence electrons. The molecule has 2 fully saturated rings. The van der Waals surface area contributed by atoms with E-state index in [4.69, 9.17) is 0 Å². The van der Waals surface area contributed by atoms with Crippen LogP contribution < -0.4 is 0 Å². The Morgan fingerprint density at radius 1 is 0.455 bits per heavy atom. The average molecular weight is 158 g/mol. The molecule has 1 saturated heterocycles. The van der Waals surface area contributed by atoms with Crippen molar-refractivity contribution in [1.29, 1.82) is 0 Å². The van der Waals surface area contributed by atoms with Gasteiger partial charge in [-0.25, -0.2) is 9.78 Å². The zero-order valence-corrected chi connectivity index (χ0v) is 7.18. The van der Waals surface area contributed by atoms with E-state index in [1.54, 1.807) is 0 Å². The summed E-state index contributed by atoms with van der Waals surface area (Å²) >= 11 is 0. The third-order valence-corrected chi connectivity index (χ3v) is 2.04. The van der Waals surface area contributed by atoms with Gasteiger partial charge in [0.1, 0.15) is 0 Å². The van der Waals surface area contributed by atoms with Gasteiger partial charge in [0.05, 0.1) is 13.2 Å². The molecule has 2 heteroatoms. The molecule has 2 aliphatic rings. The van der Waals surface area contributed by atoms with Crippen LogP contribution in [0.3, 0.4) is 0 Å².